The molecule has 3 saturated carbocycles. The van der Waals surface area contributed by atoms with Gasteiger partial charge in [-0.05, 0) is 73.3 Å². The third-order valence-electron chi connectivity index (χ3n) is 11.8. The van der Waals surface area contributed by atoms with Crippen LogP contribution in [0.15, 0.2) is 35.9 Å². The van der Waals surface area contributed by atoms with Crippen molar-refractivity contribution in [3.63, 3.8) is 0 Å². The SMILES string of the molecule is C[C@]12CCC(=O)C=C1CC[C@H]1[C@H]2[C@@H](O)C[C@@]2(C)[C@H]1CC[C@]2(O)C(=O)COC(=O)CCC(=O)N[C@@H](C(=O)O)[C@H](O)c1cccc([N+](=O)[O-])c1. The second kappa shape index (κ2) is 13.1. The summed E-state index contributed by atoms with van der Waals surface area (Å²) in [6.45, 7) is 3.17. The largest absolute Gasteiger partial charge is 0.480 e. The number of hydrogen-bond acceptors (Lipinski definition) is 11. The molecule has 0 aromatic heterocycles. The number of aliphatic hydroxyl groups is 3. The smallest absolute Gasteiger partial charge is 0.329 e. The minimum atomic E-state index is -1.87. The molecule has 14 heteroatoms. The summed E-state index contributed by atoms with van der Waals surface area (Å²) >= 11 is 0. The van der Waals surface area contributed by atoms with E-state index >= 15 is 0 Å². The lowest BCUT2D eigenvalue weighted by atomic mass is 9.45. The van der Waals surface area contributed by atoms with Crippen LogP contribution < -0.4 is 5.32 Å². The van der Waals surface area contributed by atoms with E-state index in [1.165, 1.54) is 12.1 Å². The quantitative estimate of drug-likeness (QED) is 0.130. The summed E-state index contributed by atoms with van der Waals surface area (Å²) in [5.74, 6) is -4.19. The van der Waals surface area contributed by atoms with Crippen LogP contribution in [0.5, 0.6) is 0 Å². The number of rotatable bonds is 11. The highest BCUT2D eigenvalue weighted by Crippen LogP contribution is 2.67. The van der Waals surface area contributed by atoms with Crippen LogP contribution in [0.1, 0.15) is 83.3 Å². The molecule has 0 aliphatic heterocycles. The second-order valence-corrected chi connectivity index (χ2v) is 14.2. The van der Waals surface area contributed by atoms with Gasteiger partial charge in [-0.1, -0.05) is 31.6 Å². The predicted molar refractivity (Wildman–Crippen MR) is 166 cm³/mol. The molecule has 0 radical (unpaired) electrons. The third kappa shape index (κ3) is 6.16. The normalized spacial score (nSPS) is 33.6. The number of nitro groups is 1. The van der Waals surface area contributed by atoms with Crippen molar-refractivity contribution in [2.24, 2.45) is 28.6 Å². The molecular formula is C34H42N2O12. The zero-order valence-corrected chi connectivity index (χ0v) is 26.9. The maximum Gasteiger partial charge on any atom is 0.329 e. The topological polar surface area (TPSA) is 231 Å². The van der Waals surface area contributed by atoms with E-state index in [0.29, 0.717) is 19.3 Å². The van der Waals surface area contributed by atoms with Gasteiger partial charge in [0.15, 0.2) is 18.4 Å². The van der Waals surface area contributed by atoms with Gasteiger partial charge in [0.2, 0.25) is 11.7 Å². The minimum absolute atomic E-state index is 0.0437. The maximum atomic E-state index is 13.5. The van der Waals surface area contributed by atoms with Crippen LogP contribution >= 0.6 is 0 Å². The number of nitro benzene ring substituents is 1. The van der Waals surface area contributed by atoms with Crippen molar-refractivity contribution in [1.29, 1.82) is 0 Å². The number of nitrogens with zero attached hydrogens (tertiary/aromatic N) is 1. The lowest BCUT2D eigenvalue weighted by Gasteiger charge is -2.60. The van der Waals surface area contributed by atoms with Crippen LogP contribution in [0.25, 0.3) is 0 Å². The van der Waals surface area contributed by atoms with E-state index in [2.05, 4.69) is 12.2 Å². The van der Waals surface area contributed by atoms with Gasteiger partial charge in [-0.25, -0.2) is 4.79 Å². The molecule has 0 heterocycles. The van der Waals surface area contributed by atoms with Crippen LogP contribution in [-0.2, 0) is 28.7 Å². The molecule has 14 nitrogen and oxygen atoms in total. The van der Waals surface area contributed by atoms with Crippen LogP contribution in [0.4, 0.5) is 5.69 Å². The highest BCUT2D eigenvalue weighted by atomic mass is 16.6. The predicted octanol–water partition coefficient (Wildman–Crippen LogP) is 2.32. The van der Waals surface area contributed by atoms with E-state index < -0.39 is 77.3 Å². The molecule has 3 fully saturated rings. The fourth-order valence-electron chi connectivity index (χ4n) is 9.24. The van der Waals surface area contributed by atoms with Crippen LogP contribution in [0.3, 0.4) is 0 Å². The van der Waals surface area contributed by atoms with Crippen molar-refractivity contribution in [3.05, 3.63) is 51.6 Å². The molecule has 9 atom stereocenters. The van der Waals surface area contributed by atoms with Gasteiger partial charge in [-0.3, -0.25) is 29.3 Å². The lowest BCUT2D eigenvalue weighted by Crippen LogP contribution is -2.62. The third-order valence-corrected chi connectivity index (χ3v) is 11.8. The van der Waals surface area contributed by atoms with Gasteiger partial charge in [-0.15, -0.1) is 0 Å². The van der Waals surface area contributed by atoms with Crippen LogP contribution in [0, 0.1) is 38.7 Å². The molecule has 5 rings (SSSR count). The number of benzene rings is 1. The Kier molecular flexibility index (Phi) is 9.65. The first-order valence-electron chi connectivity index (χ1n) is 16.3. The Labute approximate surface area is 276 Å². The van der Waals surface area contributed by atoms with Gasteiger partial charge >= 0.3 is 11.9 Å². The summed E-state index contributed by atoms with van der Waals surface area (Å²) in [5, 5.41) is 56.6. The number of carboxylic acid groups (broad SMARTS) is 1. The number of nitrogens with one attached hydrogen (secondary N) is 1. The molecule has 5 N–H and O–H groups in total. The van der Waals surface area contributed by atoms with Crippen LogP contribution in [-0.4, -0.2) is 79.1 Å². The van der Waals surface area contributed by atoms with Gasteiger partial charge in [0.1, 0.15) is 11.7 Å². The van der Waals surface area contributed by atoms with Gasteiger partial charge in [0, 0.05) is 30.4 Å². The van der Waals surface area contributed by atoms with Crippen LogP contribution in [0.2, 0.25) is 0 Å². The first kappa shape index (κ1) is 35.3. The molecule has 48 heavy (non-hydrogen) atoms. The number of carbonyl (C=O) groups is 5. The molecule has 0 spiro atoms. The summed E-state index contributed by atoms with van der Waals surface area (Å²) in [4.78, 5) is 72.7. The molecular weight excluding hydrogens is 628 g/mol. The molecule has 4 aliphatic carbocycles. The van der Waals surface area contributed by atoms with Crippen molar-refractivity contribution < 1.29 is 54.1 Å². The standard InChI is InChI=1S/C34H42N2O12/c1-32-12-10-21(37)15-19(32)6-7-22-23-11-13-34(45,33(23,2)16-24(38)28(22)32)25(39)17-48-27(41)9-8-26(40)35-29(31(43)44)30(42)18-4-3-5-20(14-18)36(46)47/h3-5,14-15,22-24,28-30,38,42,45H,6-13,16-17H2,1-2H3,(H,35,40)(H,43,44)/t22-,23+,24+,28+,29-,30-,32+,33+,34+/m1/s1. The molecule has 0 bridgehead atoms. The Hall–Kier alpha value is -4.01. The van der Waals surface area contributed by atoms with E-state index in [0.717, 1.165) is 30.5 Å². The zero-order valence-electron chi connectivity index (χ0n) is 26.9. The second-order valence-electron chi connectivity index (χ2n) is 14.2. The summed E-state index contributed by atoms with van der Waals surface area (Å²) in [6.07, 6.45) is 1.46. The van der Waals surface area contributed by atoms with Crippen molar-refractivity contribution in [3.8, 4) is 0 Å². The van der Waals surface area contributed by atoms with E-state index in [1.54, 1.807) is 6.08 Å². The number of fused-ring (bicyclic) bond motifs is 5. The molecule has 0 saturated heterocycles. The first-order valence-corrected chi connectivity index (χ1v) is 16.3. The van der Waals surface area contributed by atoms with Gasteiger partial charge in [0.05, 0.1) is 17.4 Å². The molecule has 1 amide bonds. The Morgan fingerprint density at radius 3 is 2.54 bits per heavy atom. The number of non-ortho nitro benzene ring substituents is 1. The molecule has 0 unspecified atom stereocenters. The molecule has 1 aromatic carbocycles. The van der Waals surface area contributed by atoms with E-state index in [4.69, 9.17) is 4.74 Å². The van der Waals surface area contributed by atoms with Crippen molar-refractivity contribution >= 4 is 35.1 Å². The van der Waals surface area contributed by atoms with Crippen molar-refractivity contribution in [2.45, 2.75) is 95.5 Å². The number of ether oxygens (including phenoxy) is 1. The van der Waals surface area contributed by atoms with E-state index in [1.807, 2.05) is 6.92 Å². The number of hydrogen-bond donors (Lipinski definition) is 5. The minimum Gasteiger partial charge on any atom is -0.480 e. The summed E-state index contributed by atoms with van der Waals surface area (Å²) in [7, 11) is 0. The monoisotopic (exact) mass is 670 g/mol. The fraction of sp³-hybridized carbons (Fsp3) is 0.618. The maximum absolute atomic E-state index is 13.5. The molecule has 260 valence electrons. The summed E-state index contributed by atoms with van der Waals surface area (Å²) in [5.41, 5.74) is -2.56. The van der Waals surface area contributed by atoms with Crippen molar-refractivity contribution in [1.82, 2.24) is 5.32 Å². The van der Waals surface area contributed by atoms with Gasteiger partial charge < -0.3 is 30.5 Å². The summed E-state index contributed by atoms with van der Waals surface area (Å²) in [6, 6.07) is 2.79. The fourth-order valence-corrected chi connectivity index (χ4v) is 9.24. The number of ketones is 2. The number of aliphatic hydroxyl groups excluding tert-OH is 2. The number of esters is 1. The number of allylic oxidation sites excluding steroid dienone is 1. The number of amides is 1. The van der Waals surface area contributed by atoms with Crippen molar-refractivity contribution in [2.75, 3.05) is 6.61 Å². The Morgan fingerprint density at radius 2 is 1.85 bits per heavy atom. The Bertz CT molecular complexity index is 1560. The highest BCUT2D eigenvalue weighted by molar-refractivity contribution is 5.92. The first-order chi connectivity index (χ1) is 22.5. The molecule has 4 aliphatic rings. The number of aliphatic carboxylic acids is 1. The highest BCUT2D eigenvalue weighted by Gasteiger charge is 2.68. The Balaban J connectivity index is 1.16. The number of Topliss-reactive ketones (excluding diaryl/α,β-unsaturated/α-hetero) is 1. The van der Waals surface area contributed by atoms with E-state index in [9.17, 15) is 54.5 Å². The Morgan fingerprint density at radius 1 is 1.12 bits per heavy atom. The van der Waals surface area contributed by atoms with Gasteiger partial charge in [0.25, 0.3) is 5.69 Å². The lowest BCUT2D eigenvalue weighted by molar-refractivity contribution is -0.385. The average Bonchev–Trinajstić information content (AvgIpc) is 3.31. The number of carboxylic acids is 1. The number of carbonyl (C=O) groups excluding carboxylic acids is 4. The summed E-state index contributed by atoms with van der Waals surface area (Å²) < 4.78 is 5.13. The zero-order chi connectivity index (χ0) is 35.2. The average molecular weight is 671 g/mol. The van der Waals surface area contributed by atoms with Gasteiger partial charge in [-0.2, -0.15) is 0 Å². The van der Waals surface area contributed by atoms with E-state index in [-0.39, 0.29) is 53.0 Å². The molecule has 1 aromatic rings.